The Morgan fingerprint density at radius 1 is 1.36 bits per heavy atom. The molecule has 2 heterocycles. The summed E-state index contributed by atoms with van der Waals surface area (Å²) in [5, 5.41) is 11.6. The Bertz CT molecular complexity index is 612. The van der Waals surface area contributed by atoms with Gasteiger partial charge in [-0.05, 0) is 26.7 Å². The second kappa shape index (κ2) is 7.93. The highest BCUT2D eigenvalue weighted by molar-refractivity contribution is 7.11. The number of nitrogens with zero attached hydrogens (tertiary/aromatic N) is 3. The van der Waals surface area contributed by atoms with Gasteiger partial charge in [0.25, 0.3) is 0 Å². The molecule has 6 nitrogen and oxygen atoms in total. The second-order valence-corrected chi connectivity index (χ2v) is 6.18. The summed E-state index contributed by atoms with van der Waals surface area (Å²) in [5.41, 5.74) is 2.12. The molecule has 0 radical (unpaired) electrons. The van der Waals surface area contributed by atoms with Crippen molar-refractivity contribution in [2.45, 2.75) is 40.2 Å². The summed E-state index contributed by atoms with van der Waals surface area (Å²) in [7, 11) is 1.77. The van der Waals surface area contributed by atoms with Crippen LogP contribution in [0.2, 0.25) is 0 Å². The van der Waals surface area contributed by atoms with Gasteiger partial charge in [0.1, 0.15) is 10.8 Å². The molecule has 0 aliphatic heterocycles. The maximum atomic E-state index is 5.17. The number of guanidine groups is 1. The van der Waals surface area contributed by atoms with Gasteiger partial charge in [-0.25, -0.2) is 4.98 Å². The number of nitrogens with one attached hydrogen (secondary N) is 2. The van der Waals surface area contributed by atoms with Crippen LogP contribution in [-0.4, -0.2) is 29.7 Å². The van der Waals surface area contributed by atoms with Gasteiger partial charge in [-0.1, -0.05) is 12.1 Å². The summed E-state index contributed by atoms with van der Waals surface area (Å²) in [6.45, 7) is 7.51. The van der Waals surface area contributed by atoms with Crippen LogP contribution < -0.4 is 10.6 Å². The average molecular weight is 321 g/mol. The molecule has 0 saturated carbocycles. The van der Waals surface area contributed by atoms with E-state index in [4.69, 9.17) is 4.52 Å². The largest absolute Gasteiger partial charge is 0.361 e. The molecule has 0 fully saturated rings. The smallest absolute Gasteiger partial charge is 0.191 e. The monoisotopic (exact) mass is 321 g/mol. The van der Waals surface area contributed by atoms with Gasteiger partial charge in [-0.2, -0.15) is 0 Å². The molecule has 0 unspecified atom stereocenters. The highest BCUT2D eigenvalue weighted by atomic mass is 32.1. The summed E-state index contributed by atoms with van der Waals surface area (Å²) in [4.78, 5) is 9.92. The Balaban J connectivity index is 1.78. The van der Waals surface area contributed by atoms with Crippen molar-refractivity contribution in [1.82, 2.24) is 20.8 Å². The number of rotatable bonds is 6. The molecule has 2 aromatic rings. The molecular weight excluding hydrogens is 298 g/mol. The predicted octanol–water partition coefficient (Wildman–Crippen LogP) is 2.22. The Labute approximate surface area is 135 Å². The van der Waals surface area contributed by atoms with E-state index >= 15 is 0 Å². The van der Waals surface area contributed by atoms with E-state index in [-0.39, 0.29) is 0 Å². The van der Waals surface area contributed by atoms with Crippen molar-refractivity contribution in [3.05, 3.63) is 33.1 Å². The summed E-state index contributed by atoms with van der Waals surface area (Å²) >= 11 is 1.73. The number of aromatic nitrogens is 2. The maximum Gasteiger partial charge on any atom is 0.191 e. The highest BCUT2D eigenvalue weighted by Gasteiger charge is 2.09. The lowest BCUT2D eigenvalue weighted by Gasteiger charge is -2.10. The van der Waals surface area contributed by atoms with Crippen LogP contribution in [0, 0.1) is 13.8 Å². The van der Waals surface area contributed by atoms with Crippen molar-refractivity contribution in [2.24, 2.45) is 4.99 Å². The normalized spacial score (nSPS) is 11.7. The summed E-state index contributed by atoms with van der Waals surface area (Å²) in [6, 6.07) is 0. The van der Waals surface area contributed by atoms with E-state index in [0.717, 1.165) is 47.4 Å². The zero-order chi connectivity index (χ0) is 15.9. The molecule has 2 aromatic heterocycles. The molecule has 0 aliphatic carbocycles. The minimum atomic E-state index is 0.690. The van der Waals surface area contributed by atoms with Crippen LogP contribution in [0.3, 0.4) is 0 Å². The molecule has 0 aromatic carbocycles. The molecular formula is C15H23N5OS. The van der Waals surface area contributed by atoms with Gasteiger partial charge in [-0.3, -0.25) is 4.99 Å². The SMILES string of the molecule is CCc1cnc(CNC(=NC)NCCc2c(C)noc2C)s1. The minimum Gasteiger partial charge on any atom is -0.361 e. The van der Waals surface area contributed by atoms with Crippen LogP contribution in [0.15, 0.2) is 15.7 Å². The standard InChI is InChI=1S/C15H23N5OS/c1-5-12-8-18-14(22-12)9-19-15(16-4)17-7-6-13-10(2)20-21-11(13)3/h8H,5-7,9H2,1-4H3,(H2,16,17,19). The lowest BCUT2D eigenvalue weighted by molar-refractivity contribution is 0.392. The summed E-state index contributed by atoms with van der Waals surface area (Å²) in [5.74, 6) is 1.66. The van der Waals surface area contributed by atoms with Gasteiger partial charge in [-0.15, -0.1) is 11.3 Å². The van der Waals surface area contributed by atoms with Crippen LogP contribution in [-0.2, 0) is 19.4 Å². The Kier molecular flexibility index (Phi) is 5.94. The molecule has 120 valence electrons. The minimum absolute atomic E-state index is 0.690. The predicted molar refractivity (Wildman–Crippen MR) is 89.4 cm³/mol. The van der Waals surface area contributed by atoms with E-state index in [1.807, 2.05) is 20.0 Å². The fourth-order valence-electron chi connectivity index (χ4n) is 2.14. The van der Waals surface area contributed by atoms with Crippen LogP contribution in [0.4, 0.5) is 0 Å². The first-order chi connectivity index (χ1) is 10.6. The van der Waals surface area contributed by atoms with Crippen LogP contribution in [0.1, 0.15) is 33.8 Å². The van der Waals surface area contributed by atoms with Crippen LogP contribution in [0.5, 0.6) is 0 Å². The quantitative estimate of drug-likeness (QED) is 0.630. The topological polar surface area (TPSA) is 75.3 Å². The van der Waals surface area contributed by atoms with E-state index in [1.165, 1.54) is 4.88 Å². The van der Waals surface area contributed by atoms with Gasteiger partial charge < -0.3 is 15.2 Å². The number of aryl methyl sites for hydroxylation is 3. The third-order valence-corrected chi connectivity index (χ3v) is 4.57. The first-order valence-electron chi connectivity index (χ1n) is 7.43. The Morgan fingerprint density at radius 2 is 2.18 bits per heavy atom. The summed E-state index contributed by atoms with van der Waals surface area (Å²) < 4.78 is 5.17. The number of thiazole rings is 1. The maximum absolute atomic E-state index is 5.17. The molecule has 2 N–H and O–H groups in total. The van der Waals surface area contributed by atoms with Gasteiger partial charge >= 0.3 is 0 Å². The highest BCUT2D eigenvalue weighted by Crippen LogP contribution is 2.13. The molecule has 2 rings (SSSR count). The van der Waals surface area contributed by atoms with E-state index in [1.54, 1.807) is 18.4 Å². The van der Waals surface area contributed by atoms with Gasteiger partial charge in [0.2, 0.25) is 0 Å². The van der Waals surface area contributed by atoms with Gasteiger partial charge in [0.05, 0.1) is 12.2 Å². The molecule has 22 heavy (non-hydrogen) atoms. The fraction of sp³-hybridized carbons (Fsp3) is 0.533. The van der Waals surface area contributed by atoms with Crippen molar-refractivity contribution in [3.63, 3.8) is 0 Å². The second-order valence-electron chi connectivity index (χ2n) is 4.98. The van der Waals surface area contributed by atoms with E-state index in [2.05, 4.69) is 32.7 Å². The molecule has 0 spiro atoms. The lowest BCUT2D eigenvalue weighted by Crippen LogP contribution is -2.37. The third kappa shape index (κ3) is 4.30. The van der Waals surface area contributed by atoms with Gasteiger partial charge in [0, 0.05) is 30.2 Å². The van der Waals surface area contributed by atoms with Gasteiger partial charge in [0.15, 0.2) is 5.96 Å². The molecule has 0 saturated heterocycles. The van der Waals surface area contributed by atoms with E-state index in [0.29, 0.717) is 6.54 Å². The lowest BCUT2D eigenvalue weighted by atomic mass is 10.1. The number of aliphatic imine (C=N–C) groups is 1. The van der Waals surface area contributed by atoms with Crippen molar-refractivity contribution in [1.29, 1.82) is 0 Å². The molecule has 0 aliphatic rings. The van der Waals surface area contributed by atoms with Crippen LogP contribution in [0.25, 0.3) is 0 Å². The van der Waals surface area contributed by atoms with Crippen LogP contribution >= 0.6 is 11.3 Å². The van der Waals surface area contributed by atoms with Crippen molar-refractivity contribution in [3.8, 4) is 0 Å². The summed E-state index contributed by atoms with van der Waals surface area (Å²) in [6.07, 6.45) is 3.83. The number of hydrogen-bond donors (Lipinski definition) is 2. The van der Waals surface area contributed by atoms with Crippen molar-refractivity contribution < 1.29 is 4.52 Å². The molecule has 0 bridgehead atoms. The fourth-order valence-corrected chi connectivity index (χ4v) is 2.94. The first kappa shape index (κ1) is 16.5. The van der Waals surface area contributed by atoms with E-state index < -0.39 is 0 Å². The van der Waals surface area contributed by atoms with E-state index in [9.17, 15) is 0 Å². The first-order valence-corrected chi connectivity index (χ1v) is 8.25. The Hall–Kier alpha value is -1.89. The van der Waals surface area contributed by atoms with Crippen molar-refractivity contribution in [2.75, 3.05) is 13.6 Å². The zero-order valence-electron chi connectivity index (χ0n) is 13.6. The third-order valence-electron chi connectivity index (χ3n) is 3.43. The molecule has 0 amide bonds. The molecule has 7 heteroatoms. The van der Waals surface area contributed by atoms with Crippen molar-refractivity contribution >= 4 is 17.3 Å². The number of hydrogen-bond acceptors (Lipinski definition) is 5. The Morgan fingerprint density at radius 3 is 2.77 bits per heavy atom. The molecule has 0 atom stereocenters. The zero-order valence-corrected chi connectivity index (χ0v) is 14.4. The average Bonchev–Trinajstić information content (AvgIpc) is 3.11.